The summed E-state index contributed by atoms with van der Waals surface area (Å²) in [7, 11) is -2.77. The Balaban J connectivity index is 2.68. The van der Waals surface area contributed by atoms with Gasteiger partial charge in [-0.25, -0.2) is 0 Å². The van der Waals surface area contributed by atoms with Gasteiger partial charge in [0.05, 0.1) is 26.0 Å². The van der Waals surface area contributed by atoms with Gasteiger partial charge in [-0.3, -0.25) is 9.36 Å². The van der Waals surface area contributed by atoms with Crippen molar-refractivity contribution < 1.29 is 27.9 Å². The van der Waals surface area contributed by atoms with Crippen molar-refractivity contribution in [1.29, 1.82) is 0 Å². The molecule has 1 heterocycles. The lowest BCUT2D eigenvalue weighted by atomic mass is 9.80. The van der Waals surface area contributed by atoms with E-state index in [9.17, 15) is 9.36 Å². The highest BCUT2D eigenvalue weighted by molar-refractivity contribution is 7.82. The van der Waals surface area contributed by atoms with Crippen molar-refractivity contribution in [2.24, 2.45) is 0 Å². The van der Waals surface area contributed by atoms with E-state index in [1.807, 2.05) is 6.07 Å². The highest BCUT2D eigenvalue weighted by Gasteiger charge is 2.60. The van der Waals surface area contributed by atoms with Crippen LogP contribution in [0.4, 0.5) is 5.69 Å². The van der Waals surface area contributed by atoms with Gasteiger partial charge in [0.25, 0.3) is 5.06 Å². The van der Waals surface area contributed by atoms with Crippen molar-refractivity contribution in [2.75, 3.05) is 25.6 Å². The first-order chi connectivity index (χ1) is 14.1. The quantitative estimate of drug-likeness (QED) is 0.308. The molecule has 0 bridgehead atoms. The summed E-state index contributed by atoms with van der Waals surface area (Å²) >= 11 is 4.68. The van der Waals surface area contributed by atoms with Crippen LogP contribution in [0.3, 0.4) is 0 Å². The van der Waals surface area contributed by atoms with Crippen molar-refractivity contribution in [3.8, 4) is 5.75 Å². The van der Waals surface area contributed by atoms with Gasteiger partial charge in [0.1, 0.15) is 0 Å². The van der Waals surface area contributed by atoms with Crippen molar-refractivity contribution in [3.63, 3.8) is 0 Å². The van der Waals surface area contributed by atoms with Crippen LogP contribution in [0.25, 0.3) is 0 Å². The van der Waals surface area contributed by atoms with Crippen LogP contribution in [0.5, 0.6) is 5.75 Å². The first kappa shape index (κ1) is 26.0. The van der Waals surface area contributed by atoms with Gasteiger partial charge in [-0.05, 0) is 36.3 Å². The third-order valence-electron chi connectivity index (χ3n) is 5.06. The summed E-state index contributed by atoms with van der Waals surface area (Å²) in [5.41, 5.74) is 0.886. The van der Waals surface area contributed by atoms with Gasteiger partial charge in [0.2, 0.25) is 5.66 Å². The second-order valence-corrected chi connectivity index (χ2v) is 12.4. The summed E-state index contributed by atoms with van der Waals surface area (Å²) < 4.78 is 35.8. The number of nitrogens with one attached hydrogen (secondary N) is 1. The predicted octanol–water partition coefficient (Wildman–Crippen LogP) is 5.48. The zero-order chi connectivity index (χ0) is 23.8. The fraction of sp³-hybridized carbons (Fsp3) is 0.682. The Kier molecular flexibility index (Phi) is 7.54. The van der Waals surface area contributed by atoms with Gasteiger partial charge in [-0.15, -0.1) is 12.6 Å². The average Bonchev–Trinajstić information content (AvgIpc) is 2.95. The number of hydrogen-bond acceptors (Lipinski definition) is 8. The number of carbonyl (C=O) groups excluding carboxylic acids is 1. The number of carbonyl (C=O) groups is 1. The summed E-state index contributed by atoms with van der Waals surface area (Å²) in [5, 5.41) is 1.49. The number of ether oxygens (including phenoxy) is 2. The molecule has 176 valence electrons. The maximum Gasteiger partial charge on any atom is 0.352 e. The number of esters is 1. The first-order valence-electron chi connectivity index (χ1n) is 10.5. The third kappa shape index (κ3) is 5.24. The molecule has 0 saturated carbocycles. The van der Waals surface area contributed by atoms with E-state index in [4.69, 9.17) is 18.5 Å². The zero-order valence-corrected chi connectivity index (χ0v) is 21.8. The number of anilines is 1. The lowest BCUT2D eigenvalue weighted by Crippen LogP contribution is -2.51. The molecule has 0 fully saturated rings. The number of hydrogen-bond donors (Lipinski definition) is 2. The number of benzene rings is 1. The summed E-state index contributed by atoms with van der Waals surface area (Å²) in [5.74, 6) is -0.238. The Labute approximate surface area is 191 Å². The monoisotopic (exact) mass is 473 g/mol. The van der Waals surface area contributed by atoms with Crippen LogP contribution < -0.4 is 10.1 Å². The molecule has 0 radical (unpaired) electrons. The first-order valence-corrected chi connectivity index (χ1v) is 12.5. The van der Waals surface area contributed by atoms with E-state index in [2.05, 4.69) is 65.6 Å². The number of thiol groups is 1. The lowest BCUT2D eigenvalue weighted by Gasteiger charge is -2.34. The maximum atomic E-state index is 13.7. The molecule has 31 heavy (non-hydrogen) atoms. The van der Waals surface area contributed by atoms with E-state index in [1.165, 1.54) is 7.11 Å². The van der Waals surface area contributed by atoms with Crippen LogP contribution >= 0.6 is 20.2 Å². The Morgan fingerprint density at radius 2 is 1.68 bits per heavy atom. The minimum atomic E-state index is -3.98. The van der Waals surface area contributed by atoms with Gasteiger partial charge >= 0.3 is 13.6 Å². The van der Waals surface area contributed by atoms with E-state index < -0.39 is 24.3 Å². The van der Waals surface area contributed by atoms with Crippen LogP contribution in [0.1, 0.15) is 66.5 Å². The van der Waals surface area contributed by atoms with Gasteiger partial charge in [0.15, 0.2) is 5.75 Å². The minimum absolute atomic E-state index is 0.0863. The highest BCUT2D eigenvalue weighted by Crippen LogP contribution is 2.61. The zero-order valence-electron chi connectivity index (χ0n) is 20.0. The molecule has 2 atom stereocenters. The predicted molar refractivity (Wildman–Crippen MR) is 126 cm³/mol. The summed E-state index contributed by atoms with van der Waals surface area (Å²) in [6.07, 6.45) is 0. The van der Waals surface area contributed by atoms with Crippen molar-refractivity contribution >= 4 is 31.9 Å². The standard InChI is InChI=1S/C22H36NO6PS/c1-10-27-30(25,28-11-2)18(19(24)26-9)22(31)23-16-13-14(20(3,4)5)12-15(17(16)29-22)21(6,7)8/h12-13,18,23,31H,10-11H2,1-9H3. The molecule has 2 rings (SSSR count). The van der Waals surface area contributed by atoms with Gasteiger partial charge < -0.3 is 23.8 Å². The fourth-order valence-corrected chi connectivity index (χ4v) is 6.22. The van der Waals surface area contributed by atoms with Crippen molar-refractivity contribution in [2.45, 2.75) is 76.9 Å². The number of fused-ring (bicyclic) bond motifs is 1. The van der Waals surface area contributed by atoms with Crippen LogP contribution in [0.2, 0.25) is 0 Å². The molecular formula is C22H36NO6PS. The average molecular weight is 474 g/mol. The molecule has 1 aromatic rings. The summed E-state index contributed by atoms with van der Waals surface area (Å²) in [4.78, 5) is 12.8. The molecule has 0 aliphatic carbocycles. The van der Waals surface area contributed by atoms with Crippen molar-refractivity contribution in [3.05, 3.63) is 23.3 Å². The van der Waals surface area contributed by atoms with E-state index in [1.54, 1.807) is 13.8 Å². The number of rotatable bonds is 7. The Hall–Kier alpha value is -1.21. The van der Waals surface area contributed by atoms with Crippen LogP contribution in [0, 0.1) is 0 Å². The Bertz CT molecular complexity index is 866. The molecule has 1 aromatic carbocycles. The molecule has 1 aliphatic heterocycles. The van der Waals surface area contributed by atoms with Crippen molar-refractivity contribution in [1.82, 2.24) is 0 Å². The second-order valence-electron chi connectivity index (χ2n) is 9.63. The van der Waals surface area contributed by atoms with E-state index in [-0.39, 0.29) is 24.0 Å². The maximum absolute atomic E-state index is 13.7. The van der Waals surface area contributed by atoms with Gasteiger partial charge in [-0.2, -0.15) is 0 Å². The Morgan fingerprint density at radius 3 is 2.10 bits per heavy atom. The highest BCUT2D eigenvalue weighted by atomic mass is 32.1. The normalized spacial score (nSPS) is 19.9. The molecule has 0 aromatic heterocycles. The van der Waals surface area contributed by atoms with Gasteiger partial charge in [-0.1, -0.05) is 47.6 Å². The molecule has 7 nitrogen and oxygen atoms in total. The van der Waals surface area contributed by atoms with E-state index in [0.29, 0.717) is 11.4 Å². The van der Waals surface area contributed by atoms with E-state index in [0.717, 1.165) is 11.1 Å². The topological polar surface area (TPSA) is 83.1 Å². The fourth-order valence-electron chi connectivity index (χ4n) is 3.48. The Morgan fingerprint density at radius 1 is 1.13 bits per heavy atom. The second kappa shape index (κ2) is 8.97. The largest absolute Gasteiger partial charge is 0.468 e. The third-order valence-corrected chi connectivity index (χ3v) is 8.17. The SMILES string of the molecule is CCOP(=O)(OCC)C(C(=O)OC)C1(S)Nc2cc(C(C)(C)C)cc(C(C)(C)C)c2O1. The van der Waals surface area contributed by atoms with E-state index >= 15 is 0 Å². The molecule has 2 unspecified atom stereocenters. The molecule has 0 amide bonds. The minimum Gasteiger partial charge on any atom is -0.468 e. The molecule has 1 aliphatic rings. The van der Waals surface area contributed by atoms with Crippen LogP contribution in [0.15, 0.2) is 12.1 Å². The molecule has 0 spiro atoms. The lowest BCUT2D eigenvalue weighted by molar-refractivity contribution is -0.142. The molecular weight excluding hydrogens is 437 g/mol. The summed E-state index contributed by atoms with van der Waals surface area (Å²) in [6.45, 7) is 16.2. The molecule has 9 heteroatoms. The van der Waals surface area contributed by atoms with Crippen LogP contribution in [-0.2, 0) is 34.0 Å². The number of methoxy groups -OCH3 is 1. The molecule has 1 N–H and O–H groups in total. The van der Waals surface area contributed by atoms with Crippen LogP contribution in [-0.4, -0.2) is 37.0 Å². The summed E-state index contributed by atoms with van der Waals surface area (Å²) in [6, 6.07) is 4.08. The molecule has 0 saturated heterocycles. The van der Waals surface area contributed by atoms with Gasteiger partial charge in [0, 0.05) is 5.56 Å². The smallest absolute Gasteiger partial charge is 0.352 e.